The van der Waals surface area contributed by atoms with Gasteiger partial charge < -0.3 is 11.1 Å². The minimum absolute atomic E-state index is 0.318. The van der Waals surface area contributed by atoms with Crippen LogP contribution in [0.25, 0.3) is 0 Å². The molecule has 0 aliphatic carbocycles. The fourth-order valence-corrected chi connectivity index (χ4v) is 2.26. The van der Waals surface area contributed by atoms with Crippen molar-refractivity contribution in [3.63, 3.8) is 0 Å². The first-order valence-electron chi connectivity index (χ1n) is 5.25. The number of nitrogens with two attached hydrogens (primary N) is 1. The van der Waals surface area contributed by atoms with Gasteiger partial charge in [0.25, 0.3) is 0 Å². The van der Waals surface area contributed by atoms with E-state index in [0.29, 0.717) is 22.0 Å². The van der Waals surface area contributed by atoms with Crippen molar-refractivity contribution in [2.75, 3.05) is 11.1 Å². The maximum atomic E-state index is 13.3. The monoisotopic (exact) mass is 376 g/mol. The second-order valence-electron chi connectivity index (χ2n) is 3.94. The van der Waals surface area contributed by atoms with Gasteiger partial charge in [0.15, 0.2) is 0 Å². The van der Waals surface area contributed by atoms with Crippen molar-refractivity contribution in [3.8, 4) is 0 Å². The molecule has 0 aliphatic rings. The Kier molecular flexibility index (Phi) is 3.97. The largest absolute Gasteiger partial charge is 0.397 e. The number of halogens is 3. The van der Waals surface area contributed by atoms with Gasteiger partial charge in [0.2, 0.25) is 0 Å². The van der Waals surface area contributed by atoms with Gasteiger partial charge >= 0.3 is 0 Å². The number of hydrogen-bond donors (Lipinski definition) is 2. The molecule has 0 saturated carbocycles. The maximum absolute atomic E-state index is 13.3. The average Bonchev–Trinajstić information content (AvgIpc) is 2.29. The van der Waals surface area contributed by atoms with E-state index in [4.69, 9.17) is 17.3 Å². The summed E-state index contributed by atoms with van der Waals surface area (Å²) in [5.74, 6) is -0.318. The first-order valence-corrected chi connectivity index (χ1v) is 6.71. The van der Waals surface area contributed by atoms with Crippen LogP contribution < -0.4 is 11.1 Å². The zero-order chi connectivity index (χ0) is 13.3. The van der Waals surface area contributed by atoms with Gasteiger partial charge in [-0.2, -0.15) is 0 Å². The van der Waals surface area contributed by atoms with Gasteiger partial charge in [-0.3, -0.25) is 0 Å². The molecule has 5 heteroatoms. The molecule has 0 aromatic heterocycles. The molecule has 0 unspecified atom stereocenters. The summed E-state index contributed by atoms with van der Waals surface area (Å²) < 4.78 is 14.3. The third-order valence-electron chi connectivity index (χ3n) is 2.53. The first-order chi connectivity index (χ1) is 8.47. The molecule has 2 aromatic rings. The van der Waals surface area contributed by atoms with Crippen LogP contribution in [0, 0.1) is 16.3 Å². The molecule has 18 heavy (non-hydrogen) atoms. The standard InChI is InChI=1S/C13H11ClFIN2/c1-7-4-13(9(14)6-10(7)15)18-12-3-2-8(16)5-11(12)17/h2-6,18H,17H2,1H3. The Hall–Kier alpha value is -1.01. The summed E-state index contributed by atoms with van der Waals surface area (Å²) in [4.78, 5) is 0. The number of hydrogen-bond acceptors (Lipinski definition) is 2. The van der Waals surface area contributed by atoms with Crippen molar-refractivity contribution >= 4 is 51.3 Å². The van der Waals surface area contributed by atoms with Crippen LogP contribution in [-0.2, 0) is 0 Å². The average molecular weight is 377 g/mol. The molecule has 0 heterocycles. The summed E-state index contributed by atoms with van der Waals surface area (Å²) in [6.07, 6.45) is 0. The maximum Gasteiger partial charge on any atom is 0.127 e. The molecule has 0 aliphatic heterocycles. The second-order valence-corrected chi connectivity index (χ2v) is 5.59. The van der Waals surface area contributed by atoms with E-state index < -0.39 is 0 Å². The minimum Gasteiger partial charge on any atom is -0.397 e. The van der Waals surface area contributed by atoms with Gasteiger partial charge in [-0.25, -0.2) is 4.39 Å². The fraction of sp³-hybridized carbons (Fsp3) is 0.0769. The quantitative estimate of drug-likeness (QED) is 0.588. The highest BCUT2D eigenvalue weighted by molar-refractivity contribution is 14.1. The van der Waals surface area contributed by atoms with E-state index >= 15 is 0 Å². The number of nitrogen functional groups attached to an aromatic ring is 1. The highest BCUT2D eigenvalue weighted by Crippen LogP contribution is 2.31. The number of benzene rings is 2. The number of anilines is 3. The van der Waals surface area contributed by atoms with Gasteiger partial charge in [0.1, 0.15) is 5.82 Å². The third kappa shape index (κ3) is 2.87. The predicted molar refractivity (Wildman–Crippen MR) is 83.0 cm³/mol. The summed E-state index contributed by atoms with van der Waals surface area (Å²) in [7, 11) is 0. The highest BCUT2D eigenvalue weighted by Gasteiger charge is 2.07. The summed E-state index contributed by atoms with van der Waals surface area (Å²) in [5.41, 5.74) is 8.46. The first kappa shape index (κ1) is 13.4. The number of aryl methyl sites for hydroxylation is 1. The van der Waals surface area contributed by atoms with Crippen LogP contribution in [0.5, 0.6) is 0 Å². The number of rotatable bonds is 2. The lowest BCUT2D eigenvalue weighted by atomic mass is 10.2. The van der Waals surface area contributed by atoms with Gasteiger partial charge in [0, 0.05) is 3.57 Å². The molecule has 0 saturated heterocycles. The molecule has 2 rings (SSSR count). The topological polar surface area (TPSA) is 38.0 Å². The molecule has 94 valence electrons. The fourth-order valence-electron chi connectivity index (χ4n) is 1.55. The van der Waals surface area contributed by atoms with Crippen molar-refractivity contribution in [2.24, 2.45) is 0 Å². The van der Waals surface area contributed by atoms with Gasteiger partial charge in [-0.1, -0.05) is 11.6 Å². The predicted octanol–water partition coefficient (Wildman–Crippen LogP) is 4.72. The van der Waals surface area contributed by atoms with E-state index in [0.717, 1.165) is 9.26 Å². The highest BCUT2D eigenvalue weighted by atomic mass is 127. The Balaban J connectivity index is 2.37. The lowest BCUT2D eigenvalue weighted by molar-refractivity contribution is 0.619. The van der Waals surface area contributed by atoms with Crippen molar-refractivity contribution in [1.29, 1.82) is 0 Å². The van der Waals surface area contributed by atoms with Crippen LogP contribution >= 0.6 is 34.2 Å². The van der Waals surface area contributed by atoms with Gasteiger partial charge in [-0.05, 0) is 65.4 Å². The van der Waals surface area contributed by atoms with Crippen LogP contribution in [0.15, 0.2) is 30.3 Å². The Morgan fingerprint density at radius 2 is 1.94 bits per heavy atom. The molecule has 0 amide bonds. The Morgan fingerprint density at radius 3 is 2.61 bits per heavy atom. The summed E-state index contributed by atoms with van der Waals surface area (Å²) >= 11 is 8.18. The van der Waals surface area contributed by atoms with E-state index in [1.54, 1.807) is 13.0 Å². The normalized spacial score (nSPS) is 10.4. The smallest absolute Gasteiger partial charge is 0.127 e. The molecular weight excluding hydrogens is 366 g/mol. The van der Waals surface area contributed by atoms with E-state index in [-0.39, 0.29) is 5.82 Å². The molecule has 0 radical (unpaired) electrons. The zero-order valence-electron chi connectivity index (χ0n) is 9.60. The molecule has 2 nitrogen and oxygen atoms in total. The molecule has 0 bridgehead atoms. The Bertz CT molecular complexity index is 602. The molecule has 2 aromatic carbocycles. The SMILES string of the molecule is Cc1cc(Nc2ccc(I)cc2N)c(Cl)cc1F. The summed E-state index contributed by atoms with van der Waals surface area (Å²) in [6.45, 7) is 1.69. The van der Waals surface area contributed by atoms with Crippen LogP contribution in [0.1, 0.15) is 5.56 Å². The lowest BCUT2D eigenvalue weighted by Crippen LogP contribution is -1.98. The van der Waals surface area contributed by atoms with E-state index in [1.165, 1.54) is 6.07 Å². The van der Waals surface area contributed by atoms with Crippen molar-refractivity contribution in [2.45, 2.75) is 6.92 Å². The third-order valence-corrected chi connectivity index (χ3v) is 3.51. The van der Waals surface area contributed by atoms with Crippen LogP contribution in [-0.4, -0.2) is 0 Å². The van der Waals surface area contributed by atoms with Crippen molar-refractivity contribution in [3.05, 3.63) is 50.3 Å². The lowest BCUT2D eigenvalue weighted by Gasteiger charge is -2.12. The number of nitrogens with one attached hydrogen (secondary N) is 1. The van der Waals surface area contributed by atoms with Gasteiger partial charge in [0.05, 0.1) is 22.1 Å². The molecule has 0 spiro atoms. The molecule has 3 N–H and O–H groups in total. The summed E-state index contributed by atoms with van der Waals surface area (Å²) in [5, 5.41) is 3.44. The summed E-state index contributed by atoms with van der Waals surface area (Å²) in [6, 6.07) is 8.61. The Labute approximate surface area is 123 Å². The van der Waals surface area contributed by atoms with Crippen LogP contribution in [0.4, 0.5) is 21.5 Å². The minimum atomic E-state index is -0.318. The van der Waals surface area contributed by atoms with Crippen molar-refractivity contribution in [1.82, 2.24) is 0 Å². The van der Waals surface area contributed by atoms with Crippen molar-refractivity contribution < 1.29 is 4.39 Å². The molecule has 0 atom stereocenters. The van der Waals surface area contributed by atoms with Crippen LogP contribution in [0.2, 0.25) is 5.02 Å². The zero-order valence-corrected chi connectivity index (χ0v) is 12.5. The van der Waals surface area contributed by atoms with Crippen LogP contribution in [0.3, 0.4) is 0 Å². The van der Waals surface area contributed by atoms with E-state index in [2.05, 4.69) is 27.9 Å². The van der Waals surface area contributed by atoms with E-state index in [1.807, 2.05) is 18.2 Å². The molecule has 0 fully saturated rings. The Morgan fingerprint density at radius 1 is 1.22 bits per heavy atom. The molecular formula is C13H11ClFIN2. The second kappa shape index (κ2) is 5.32. The van der Waals surface area contributed by atoms with Gasteiger partial charge in [-0.15, -0.1) is 0 Å². The van der Waals surface area contributed by atoms with E-state index in [9.17, 15) is 4.39 Å².